The van der Waals surface area contributed by atoms with Gasteiger partial charge in [0.15, 0.2) is 0 Å². The van der Waals surface area contributed by atoms with Gasteiger partial charge < -0.3 is 19.5 Å². The number of halogens is 3. The van der Waals surface area contributed by atoms with E-state index in [-0.39, 0.29) is 31.5 Å². The van der Waals surface area contributed by atoms with E-state index in [1.54, 1.807) is 24.4 Å². The van der Waals surface area contributed by atoms with Gasteiger partial charge in [-0.1, -0.05) is 12.1 Å². The number of ether oxygens (including phenoxy) is 2. The Morgan fingerprint density at radius 1 is 1.18 bits per heavy atom. The van der Waals surface area contributed by atoms with Crippen molar-refractivity contribution in [2.45, 2.75) is 42.5 Å². The molecule has 1 aromatic carbocycles. The molecule has 14 heteroatoms. The largest absolute Gasteiger partial charge is 0.497 e. The summed E-state index contributed by atoms with van der Waals surface area (Å²) in [6, 6.07) is 11.1. The molecule has 1 spiro atoms. The summed E-state index contributed by atoms with van der Waals surface area (Å²) in [7, 11) is -1.91. The maximum Gasteiger partial charge on any atom is 0.490 e. The minimum Gasteiger partial charge on any atom is -0.497 e. The Balaban J connectivity index is 0.000000426. The monoisotopic (exact) mass is 557 g/mol. The first kappa shape index (κ1) is 27.8. The first-order valence-corrected chi connectivity index (χ1v) is 13.1. The van der Waals surface area contributed by atoms with Crippen LogP contribution < -0.4 is 4.74 Å². The first-order chi connectivity index (χ1) is 17.8. The topological polar surface area (TPSA) is 126 Å². The van der Waals surface area contributed by atoms with Crippen LogP contribution in [-0.4, -0.2) is 89.5 Å². The van der Waals surface area contributed by atoms with E-state index in [2.05, 4.69) is 4.98 Å². The molecule has 0 radical (unpaired) electrons. The lowest BCUT2D eigenvalue weighted by Crippen LogP contribution is -2.56. The minimum absolute atomic E-state index is 0.0217. The first-order valence-electron chi connectivity index (χ1n) is 11.6. The predicted molar refractivity (Wildman–Crippen MR) is 127 cm³/mol. The van der Waals surface area contributed by atoms with Crippen molar-refractivity contribution in [3.8, 4) is 5.75 Å². The van der Waals surface area contributed by atoms with Crippen molar-refractivity contribution in [1.82, 2.24) is 14.2 Å². The Kier molecular flexibility index (Phi) is 7.68. The summed E-state index contributed by atoms with van der Waals surface area (Å²) in [6.45, 7) is 1.28. The molecule has 3 fully saturated rings. The Labute approximate surface area is 217 Å². The molecule has 4 heterocycles. The highest BCUT2D eigenvalue weighted by molar-refractivity contribution is 7.90. The number of hydrogen-bond donors (Lipinski definition) is 1. The zero-order chi connectivity index (χ0) is 27.7. The number of likely N-dealkylation sites (tertiary alicyclic amines) is 1. The number of amides is 1. The third kappa shape index (κ3) is 5.76. The SMILES string of the molecule is COc1cccc(CC(=O)N2C[C@H]3C[C@H]4[C@](C2)(CN(Cc2ccncc2)S4(=O)=O)O3)c1.O=C(O)C(F)(F)F. The fourth-order valence-electron chi connectivity index (χ4n) is 5.04. The normalized spacial score (nSPS) is 25.7. The number of aliphatic carboxylic acids is 1. The second-order valence-corrected chi connectivity index (χ2v) is 11.4. The lowest BCUT2D eigenvalue weighted by atomic mass is 9.99. The van der Waals surface area contributed by atoms with E-state index >= 15 is 0 Å². The zero-order valence-electron chi connectivity index (χ0n) is 20.3. The van der Waals surface area contributed by atoms with Crippen LogP contribution >= 0.6 is 0 Å². The highest BCUT2D eigenvalue weighted by Crippen LogP contribution is 2.47. The average molecular weight is 558 g/mol. The van der Waals surface area contributed by atoms with Crippen molar-refractivity contribution < 1.29 is 45.8 Å². The molecule has 5 rings (SSSR count). The van der Waals surface area contributed by atoms with Crippen LogP contribution in [-0.2, 0) is 37.3 Å². The number of carbonyl (C=O) groups excluding carboxylic acids is 1. The molecule has 1 amide bonds. The van der Waals surface area contributed by atoms with E-state index in [0.717, 1.165) is 11.1 Å². The molecule has 2 bridgehead atoms. The van der Waals surface area contributed by atoms with Gasteiger partial charge in [0.05, 0.1) is 26.2 Å². The number of fused-ring (bicyclic) bond motifs is 1. The van der Waals surface area contributed by atoms with Crippen LogP contribution in [0, 0.1) is 0 Å². The summed E-state index contributed by atoms with van der Waals surface area (Å²) in [4.78, 5) is 27.7. The van der Waals surface area contributed by atoms with Crippen LogP contribution in [0.3, 0.4) is 0 Å². The highest BCUT2D eigenvalue weighted by Gasteiger charge is 2.65. The summed E-state index contributed by atoms with van der Waals surface area (Å²) in [6.07, 6.45) is -1.34. The summed E-state index contributed by atoms with van der Waals surface area (Å²) in [5, 5.41) is 6.52. The smallest absolute Gasteiger partial charge is 0.490 e. The fraction of sp³-hybridized carbons (Fsp3) is 0.458. The quantitative estimate of drug-likeness (QED) is 0.591. The molecule has 10 nitrogen and oxygen atoms in total. The Hall–Kier alpha value is -3.23. The number of morpholine rings is 1. The molecule has 0 saturated carbocycles. The number of benzene rings is 1. The predicted octanol–water partition coefficient (Wildman–Crippen LogP) is 1.85. The molecule has 0 aliphatic carbocycles. The van der Waals surface area contributed by atoms with Crippen molar-refractivity contribution in [2.75, 3.05) is 26.7 Å². The third-order valence-corrected chi connectivity index (χ3v) is 9.02. The second-order valence-electron chi connectivity index (χ2n) is 9.30. The van der Waals surface area contributed by atoms with Crippen LogP contribution in [0.1, 0.15) is 17.5 Å². The van der Waals surface area contributed by atoms with Crippen molar-refractivity contribution in [3.05, 3.63) is 59.9 Å². The van der Waals surface area contributed by atoms with Crippen LogP contribution in [0.5, 0.6) is 5.75 Å². The van der Waals surface area contributed by atoms with Gasteiger partial charge in [-0.25, -0.2) is 13.2 Å². The number of carboxylic acid groups (broad SMARTS) is 1. The Morgan fingerprint density at radius 3 is 2.50 bits per heavy atom. The van der Waals surface area contributed by atoms with E-state index in [1.807, 2.05) is 36.4 Å². The number of hydrogen-bond acceptors (Lipinski definition) is 7. The summed E-state index contributed by atoms with van der Waals surface area (Å²) < 4.78 is 71.2. The number of carbonyl (C=O) groups is 2. The van der Waals surface area contributed by atoms with Gasteiger partial charge in [0.2, 0.25) is 15.9 Å². The molecule has 3 atom stereocenters. The van der Waals surface area contributed by atoms with Gasteiger partial charge in [-0.15, -0.1) is 0 Å². The molecule has 1 N–H and O–H groups in total. The third-order valence-electron chi connectivity index (χ3n) is 6.70. The van der Waals surface area contributed by atoms with Gasteiger partial charge in [-0.05, 0) is 41.8 Å². The number of pyridine rings is 1. The van der Waals surface area contributed by atoms with E-state index in [0.29, 0.717) is 25.3 Å². The summed E-state index contributed by atoms with van der Waals surface area (Å²) >= 11 is 0. The van der Waals surface area contributed by atoms with Crippen molar-refractivity contribution >= 4 is 21.9 Å². The van der Waals surface area contributed by atoms with Crippen LogP contribution in [0.2, 0.25) is 0 Å². The number of carboxylic acids is 1. The lowest BCUT2D eigenvalue weighted by molar-refractivity contribution is -0.192. The second kappa shape index (κ2) is 10.5. The van der Waals surface area contributed by atoms with Crippen LogP contribution in [0.25, 0.3) is 0 Å². The fourth-order valence-corrected chi connectivity index (χ4v) is 7.33. The van der Waals surface area contributed by atoms with E-state index in [9.17, 15) is 26.4 Å². The summed E-state index contributed by atoms with van der Waals surface area (Å²) in [5.74, 6) is -2.07. The van der Waals surface area contributed by atoms with Crippen LogP contribution in [0.4, 0.5) is 13.2 Å². The minimum atomic E-state index is -5.08. The van der Waals surface area contributed by atoms with Crippen molar-refractivity contribution in [3.63, 3.8) is 0 Å². The van der Waals surface area contributed by atoms with Crippen LogP contribution in [0.15, 0.2) is 48.8 Å². The number of alkyl halides is 3. The van der Waals surface area contributed by atoms with Gasteiger partial charge in [-0.3, -0.25) is 9.78 Å². The Bertz CT molecular complexity index is 1290. The highest BCUT2D eigenvalue weighted by atomic mass is 32.2. The molecule has 38 heavy (non-hydrogen) atoms. The standard InChI is InChI=1S/C22H25N3O5S.C2HF3O2/c1-29-18-4-2-3-17(9-18)10-21(26)24-13-19-11-20-22(14-24,30-19)15-25(31(20,27)28)12-16-5-7-23-8-6-16;3-2(4,5)1(6)7/h2-9,19-20H,10-15H2,1H3;(H,6,7)/t19-,20+,22+;/m1./s1. The zero-order valence-corrected chi connectivity index (χ0v) is 21.1. The van der Waals surface area contributed by atoms with Gasteiger partial charge in [0.25, 0.3) is 0 Å². The van der Waals surface area contributed by atoms with E-state index in [4.69, 9.17) is 19.4 Å². The molecule has 2 aromatic rings. The number of methoxy groups -OCH3 is 1. The molecular weight excluding hydrogens is 531 g/mol. The Morgan fingerprint density at radius 2 is 1.87 bits per heavy atom. The van der Waals surface area contributed by atoms with E-state index in [1.165, 1.54) is 4.31 Å². The molecule has 206 valence electrons. The maximum atomic E-state index is 13.3. The summed E-state index contributed by atoms with van der Waals surface area (Å²) in [5.41, 5.74) is 0.891. The number of sulfonamides is 1. The number of nitrogens with zero attached hydrogens (tertiary/aromatic N) is 3. The number of rotatable bonds is 5. The molecule has 3 saturated heterocycles. The van der Waals surface area contributed by atoms with Crippen molar-refractivity contribution in [2.24, 2.45) is 0 Å². The van der Waals surface area contributed by atoms with Gasteiger partial charge in [0, 0.05) is 32.0 Å². The van der Waals surface area contributed by atoms with Gasteiger partial charge in [0.1, 0.15) is 16.6 Å². The molecule has 3 aliphatic rings. The van der Waals surface area contributed by atoms with Gasteiger partial charge in [-0.2, -0.15) is 17.5 Å². The lowest BCUT2D eigenvalue weighted by Gasteiger charge is -2.39. The van der Waals surface area contributed by atoms with E-state index < -0.39 is 33.0 Å². The number of aromatic nitrogens is 1. The maximum absolute atomic E-state index is 13.3. The molecule has 0 unspecified atom stereocenters. The molecular formula is C24H26F3N3O7S. The average Bonchev–Trinajstić information content (AvgIpc) is 3.23. The van der Waals surface area contributed by atoms with Gasteiger partial charge >= 0.3 is 12.1 Å². The molecule has 3 aliphatic heterocycles. The molecule has 1 aromatic heterocycles. The van der Waals surface area contributed by atoms with Crippen molar-refractivity contribution in [1.29, 1.82) is 0 Å².